The second-order valence-electron chi connectivity index (χ2n) is 3.85. The zero-order valence-corrected chi connectivity index (χ0v) is 10.0. The van der Waals surface area contributed by atoms with Crippen molar-refractivity contribution in [2.24, 2.45) is 0 Å². The summed E-state index contributed by atoms with van der Waals surface area (Å²) in [7, 11) is 2.02. The first-order chi connectivity index (χ1) is 7.13. The summed E-state index contributed by atoms with van der Waals surface area (Å²) in [5, 5.41) is 10.3. The summed E-state index contributed by atoms with van der Waals surface area (Å²) < 4.78 is 0. The molecule has 82 valence electrons. The van der Waals surface area contributed by atoms with Crippen LogP contribution < -0.4 is 4.90 Å². The van der Waals surface area contributed by atoms with Gasteiger partial charge < -0.3 is 10.0 Å². The summed E-state index contributed by atoms with van der Waals surface area (Å²) in [5.74, 6) is 0.199. The van der Waals surface area contributed by atoms with Crippen LogP contribution in [0, 0.1) is 0 Å². The minimum absolute atomic E-state index is 0.199. The quantitative estimate of drug-likeness (QED) is 0.811. The molecule has 1 aliphatic heterocycles. The van der Waals surface area contributed by atoms with Gasteiger partial charge in [0.1, 0.15) is 0 Å². The van der Waals surface area contributed by atoms with Crippen molar-refractivity contribution in [2.45, 2.75) is 12.5 Å². The van der Waals surface area contributed by atoms with Crippen LogP contribution in [0.2, 0.25) is 5.02 Å². The van der Waals surface area contributed by atoms with E-state index in [4.69, 9.17) is 23.2 Å². The molecule has 2 nitrogen and oxygen atoms in total. The molecule has 0 aliphatic carbocycles. The lowest BCUT2D eigenvalue weighted by atomic mass is 10.0. The van der Waals surface area contributed by atoms with Crippen LogP contribution in [-0.4, -0.2) is 24.6 Å². The SMILES string of the molecule is CN1CCc2cc([C@H](O)CCl)cc(Cl)c21. The van der Waals surface area contributed by atoms with Gasteiger partial charge in [-0.1, -0.05) is 17.7 Å². The highest BCUT2D eigenvalue weighted by Crippen LogP contribution is 2.36. The Kier molecular flexibility index (Phi) is 3.10. The molecule has 0 amide bonds. The number of alkyl halides is 1. The minimum atomic E-state index is -0.625. The largest absolute Gasteiger partial charge is 0.387 e. The summed E-state index contributed by atoms with van der Waals surface area (Å²) in [6.07, 6.45) is 0.356. The molecule has 0 saturated carbocycles. The van der Waals surface area contributed by atoms with Crippen LogP contribution in [0.1, 0.15) is 17.2 Å². The van der Waals surface area contributed by atoms with Gasteiger partial charge in [0.15, 0.2) is 0 Å². The van der Waals surface area contributed by atoms with E-state index in [1.807, 2.05) is 13.1 Å². The standard InChI is InChI=1S/C11H13Cl2NO/c1-14-3-2-7-4-8(10(15)6-12)5-9(13)11(7)14/h4-5,10,15H,2-3,6H2,1H3/t10-/m1/s1. The number of aliphatic hydroxyl groups excluding tert-OH is 1. The first kappa shape index (κ1) is 11.1. The molecule has 1 aromatic rings. The molecule has 0 radical (unpaired) electrons. The maximum atomic E-state index is 9.65. The van der Waals surface area contributed by atoms with Crippen molar-refractivity contribution in [3.8, 4) is 0 Å². The predicted molar refractivity (Wildman–Crippen MR) is 64.1 cm³/mol. The van der Waals surface area contributed by atoms with Gasteiger partial charge in [0.05, 0.1) is 22.7 Å². The van der Waals surface area contributed by atoms with Gasteiger partial charge in [-0.2, -0.15) is 0 Å². The fraction of sp³-hybridized carbons (Fsp3) is 0.455. The topological polar surface area (TPSA) is 23.5 Å². The van der Waals surface area contributed by atoms with E-state index in [0.717, 1.165) is 24.2 Å². The molecule has 0 aromatic heterocycles. The molecule has 15 heavy (non-hydrogen) atoms. The third-order valence-electron chi connectivity index (χ3n) is 2.79. The van der Waals surface area contributed by atoms with Crippen molar-refractivity contribution in [2.75, 3.05) is 24.4 Å². The molecule has 0 bridgehead atoms. The van der Waals surface area contributed by atoms with E-state index < -0.39 is 6.10 Å². The van der Waals surface area contributed by atoms with E-state index in [0.29, 0.717) is 5.02 Å². The van der Waals surface area contributed by atoms with Gasteiger partial charge in [0, 0.05) is 13.6 Å². The second-order valence-corrected chi connectivity index (χ2v) is 4.57. The fourth-order valence-electron chi connectivity index (χ4n) is 1.98. The second kappa shape index (κ2) is 4.20. The first-order valence-electron chi connectivity index (χ1n) is 4.91. The molecule has 1 N–H and O–H groups in total. The molecule has 0 saturated heterocycles. The van der Waals surface area contributed by atoms with Crippen LogP contribution in [0.4, 0.5) is 5.69 Å². The van der Waals surface area contributed by atoms with Gasteiger partial charge in [-0.15, -0.1) is 11.6 Å². The fourth-order valence-corrected chi connectivity index (χ4v) is 2.55. The molecule has 4 heteroatoms. The lowest BCUT2D eigenvalue weighted by molar-refractivity contribution is 0.202. The highest BCUT2D eigenvalue weighted by atomic mass is 35.5. The zero-order chi connectivity index (χ0) is 11.0. The molecular weight excluding hydrogens is 233 g/mol. The Hall–Kier alpha value is -0.440. The number of fused-ring (bicyclic) bond motifs is 1. The molecule has 0 spiro atoms. The van der Waals surface area contributed by atoms with Crippen LogP contribution in [0.25, 0.3) is 0 Å². The molecule has 0 unspecified atom stereocenters. The van der Waals surface area contributed by atoms with Crippen molar-refractivity contribution in [3.05, 3.63) is 28.3 Å². The van der Waals surface area contributed by atoms with Crippen LogP contribution in [-0.2, 0) is 6.42 Å². The molecule has 1 aromatic carbocycles. The lowest BCUT2D eigenvalue weighted by Crippen LogP contribution is -2.12. The van der Waals surface area contributed by atoms with Gasteiger partial charge in [0.2, 0.25) is 0 Å². The summed E-state index contributed by atoms with van der Waals surface area (Å²) in [4.78, 5) is 2.13. The lowest BCUT2D eigenvalue weighted by Gasteiger charge is -2.15. The Morgan fingerprint density at radius 3 is 2.93 bits per heavy atom. The highest BCUT2D eigenvalue weighted by Gasteiger charge is 2.21. The number of aliphatic hydroxyl groups is 1. The molecule has 0 fully saturated rings. The van der Waals surface area contributed by atoms with Crippen molar-refractivity contribution < 1.29 is 5.11 Å². The molecule has 1 atom stereocenters. The van der Waals surface area contributed by atoms with E-state index in [9.17, 15) is 5.11 Å². The van der Waals surface area contributed by atoms with Crippen molar-refractivity contribution >= 4 is 28.9 Å². The summed E-state index contributed by atoms with van der Waals surface area (Å²) in [6.45, 7) is 0.982. The minimum Gasteiger partial charge on any atom is -0.387 e. The first-order valence-corrected chi connectivity index (χ1v) is 5.82. The van der Waals surface area contributed by atoms with Crippen LogP contribution in [0.5, 0.6) is 0 Å². The Balaban J connectivity index is 2.44. The van der Waals surface area contributed by atoms with Crippen molar-refractivity contribution in [1.29, 1.82) is 0 Å². The van der Waals surface area contributed by atoms with Crippen molar-refractivity contribution in [3.63, 3.8) is 0 Å². The summed E-state index contributed by atoms with van der Waals surface area (Å²) >= 11 is 11.8. The molecule has 1 aliphatic rings. The van der Waals surface area contributed by atoms with E-state index in [-0.39, 0.29) is 5.88 Å². The Morgan fingerprint density at radius 2 is 2.27 bits per heavy atom. The van der Waals surface area contributed by atoms with E-state index in [2.05, 4.69) is 4.90 Å². The third-order valence-corrected chi connectivity index (χ3v) is 3.37. The Morgan fingerprint density at radius 1 is 1.53 bits per heavy atom. The number of hydrogen-bond donors (Lipinski definition) is 1. The average Bonchev–Trinajstić information content (AvgIpc) is 2.59. The number of hydrogen-bond acceptors (Lipinski definition) is 2. The molecule has 2 rings (SSSR count). The Bertz CT molecular complexity index is 381. The average molecular weight is 246 g/mol. The molecule has 1 heterocycles. The zero-order valence-electron chi connectivity index (χ0n) is 8.50. The number of rotatable bonds is 2. The van der Waals surface area contributed by atoms with Gasteiger partial charge in [-0.25, -0.2) is 0 Å². The van der Waals surface area contributed by atoms with Crippen molar-refractivity contribution in [1.82, 2.24) is 0 Å². The van der Waals surface area contributed by atoms with Gasteiger partial charge in [-0.05, 0) is 23.6 Å². The van der Waals surface area contributed by atoms with E-state index >= 15 is 0 Å². The monoisotopic (exact) mass is 245 g/mol. The number of likely N-dealkylation sites (N-methyl/N-ethyl adjacent to an activating group) is 1. The van der Waals surface area contributed by atoms with Gasteiger partial charge in [-0.3, -0.25) is 0 Å². The summed E-state index contributed by atoms with van der Waals surface area (Å²) in [5.41, 5.74) is 3.09. The van der Waals surface area contributed by atoms with Gasteiger partial charge >= 0.3 is 0 Å². The van der Waals surface area contributed by atoms with Crippen LogP contribution >= 0.6 is 23.2 Å². The third kappa shape index (κ3) is 1.94. The number of nitrogens with zero attached hydrogens (tertiary/aromatic N) is 1. The number of anilines is 1. The normalized spacial score (nSPS) is 16.7. The van der Waals surface area contributed by atoms with E-state index in [1.165, 1.54) is 5.56 Å². The number of halogens is 2. The highest BCUT2D eigenvalue weighted by molar-refractivity contribution is 6.33. The van der Waals surface area contributed by atoms with Crippen LogP contribution in [0.15, 0.2) is 12.1 Å². The Labute approximate surface area is 99.4 Å². The van der Waals surface area contributed by atoms with Gasteiger partial charge in [0.25, 0.3) is 0 Å². The maximum absolute atomic E-state index is 9.65. The number of benzene rings is 1. The van der Waals surface area contributed by atoms with E-state index in [1.54, 1.807) is 6.07 Å². The maximum Gasteiger partial charge on any atom is 0.0925 e. The summed E-state index contributed by atoms with van der Waals surface area (Å²) in [6, 6.07) is 3.80. The predicted octanol–water partition coefficient (Wildman–Crippen LogP) is 2.60. The molecular formula is C11H13Cl2NO. The smallest absolute Gasteiger partial charge is 0.0925 e. The van der Waals surface area contributed by atoms with Crippen LogP contribution in [0.3, 0.4) is 0 Å².